The minimum Gasteiger partial charge on any atom is -0.0733 e. The molecule has 0 amide bonds. The fourth-order valence-corrected chi connectivity index (χ4v) is 8.34. The Morgan fingerprint density at radius 1 is 0.565 bits per heavy atom. The Kier molecular flexibility index (Phi) is 6.29. The molecule has 4 aliphatic rings. The maximum atomic E-state index is 2.55. The van der Waals surface area contributed by atoms with Crippen LogP contribution in [-0.4, -0.2) is 0 Å². The first kappa shape index (κ1) is 27.4. The Hall–Kier alpha value is -4.94. The zero-order chi connectivity index (χ0) is 30.8. The monoisotopic (exact) mass is 590 g/mol. The zero-order valence-electron chi connectivity index (χ0n) is 26.6. The smallest absolute Gasteiger partial charge is 0.0205 e. The van der Waals surface area contributed by atoms with Crippen molar-refractivity contribution in [2.24, 2.45) is 11.3 Å². The number of allylic oxidation sites excluding steroid dienone is 8. The largest absolute Gasteiger partial charge is 0.0733 e. The maximum absolute atomic E-state index is 2.55. The number of fused-ring (bicyclic) bond motifs is 3. The predicted molar refractivity (Wildman–Crippen MR) is 198 cm³/mol. The third-order valence-electron chi connectivity index (χ3n) is 10.7. The summed E-state index contributed by atoms with van der Waals surface area (Å²) in [6, 6.07) is 41.1. The highest BCUT2D eigenvalue weighted by Gasteiger charge is 2.54. The molecule has 0 nitrogen and oxygen atoms in total. The Balaban J connectivity index is 0.00000143. The molecule has 0 bridgehead atoms. The number of rotatable bonds is 4. The van der Waals surface area contributed by atoms with Crippen LogP contribution in [0.1, 0.15) is 50.2 Å². The number of hydrogen-bond acceptors (Lipinski definition) is 0. The Morgan fingerprint density at radius 2 is 1.15 bits per heavy atom. The summed E-state index contributed by atoms with van der Waals surface area (Å²) >= 11 is 0. The molecular formula is C46H38. The molecule has 0 radical (unpaired) electrons. The van der Waals surface area contributed by atoms with Crippen LogP contribution in [-0.2, 0) is 0 Å². The molecule has 6 aromatic carbocycles. The molecule has 0 heteroatoms. The van der Waals surface area contributed by atoms with Crippen molar-refractivity contribution >= 4 is 37.9 Å². The summed E-state index contributed by atoms with van der Waals surface area (Å²) in [6.45, 7) is 4.00. The number of benzene rings is 6. The van der Waals surface area contributed by atoms with Crippen molar-refractivity contribution in [3.05, 3.63) is 162 Å². The maximum Gasteiger partial charge on any atom is 0.0205 e. The summed E-state index contributed by atoms with van der Waals surface area (Å²) in [7, 11) is 0. The fraction of sp³-hybridized carbons (Fsp3) is 0.174. The van der Waals surface area contributed by atoms with Gasteiger partial charge in [-0.05, 0) is 108 Å². The first-order valence-corrected chi connectivity index (χ1v) is 17.1. The SMILES string of the molecule is C1=CC2=CC(c3c4ccccc4c(-c4ccc(-c5ccc(C6CC6)c6ccccc56)cc4)c4ccccc34)=CC3CC23C=C1.CC. The summed E-state index contributed by atoms with van der Waals surface area (Å²) < 4.78 is 0. The second kappa shape index (κ2) is 10.6. The molecule has 0 heterocycles. The van der Waals surface area contributed by atoms with E-state index in [1.807, 2.05) is 13.8 Å². The molecule has 4 aliphatic carbocycles. The van der Waals surface area contributed by atoms with Crippen molar-refractivity contribution < 1.29 is 0 Å². The van der Waals surface area contributed by atoms with Gasteiger partial charge in [0.1, 0.15) is 0 Å². The molecule has 10 rings (SSSR count). The second-order valence-electron chi connectivity index (χ2n) is 13.2. The quantitative estimate of drug-likeness (QED) is 0.179. The van der Waals surface area contributed by atoms with Crippen molar-refractivity contribution in [1.29, 1.82) is 0 Å². The summed E-state index contributed by atoms with van der Waals surface area (Å²) in [5.41, 5.74) is 11.2. The van der Waals surface area contributed by atoms with Crippen LogP contribution in [0.4, 0.5) is 0 Å². The molecule has 1 spiro atoms. The van der Waals surface area contributed by atoms with Gasteiger partial charge in [-0.25, -0.2) is 0 Å². The van der Waals surface area contributed by atoms with Gasteiger partial charge in [-0.15, -0.1) is 0 Å². The average Bonchev–Trinajstić information content (AvgIpc) is 4.06. The molecule has 46 heavy (non-hydrogen) atoms. The normalized spacial score (nSPS) is 20.9. The molecule has 0 aromatic heterocycles. The first-order valence-electron chi connectivity index (χ1n) is 17.1. The van der Waals surface area contributed by atoms with Gasteiger partial charge in [0.2, 0.25) is 0 Å². The minimum absolute atomic E-state index is 0.245. The van der Waals surface area contributed by atoms with E-state index in [2.05, 4.69) is 146 Å². The Morgan fingerprint density at radius 3 is 1.80 bits per heavy atom. The van der Waals surface area contributed by atoms with E-state index in [-0.39, 0.29) is 5.41 Å². The third kappa shape index (κ3) is 4.13. The van der Waals surface area contributed by atoms with Crippen LogP contribution in [0.15, 0.2) is 151 Å². The lowest BCUT2D eigenvalue weighted by Gasteiger charge is -2.24. The lowest BCUT2D eigenvalue weighted by molar-refractivity contribution is 0.741. The number of hydrogen-bond donors (Lipinski definition) is 0. The highest BCUT2D eigenvalue weighted by Crippen LogP contribution is 2.64. The Bertz CT molecular complexity index is 2240. The molecule has 0 aliphatic heterocycles. The predicted octanol–water partition coefficient (Wildman–Crippen LogP) is 12.8. The molecule has 6 aromatic rings. The van der Waals surface area contributed by atoms with Crippen molar-refractivity contribution in [3.63, 3.8) is 0 Å². The second-order valence-corrected chi connectivity index (χ2v) is 13.2. The van der Waals surface area contributed by atoms with Gasteiger partial charge in [0.05, 0.1) is 0 Å². The van der Waals surface area contributed by atoms with Crippen LogP contribution >= 0.6 is 0 Å². The van der Waals surface area contributed by atoms with E-state index in [4.69, 9.17) is 0 Å². The van der Waals surface area contributed by atoms with Crippen molar-refractivity contribution in [1.82, 2.24) is 0 Å². The standard InChI is InChI=1S/C44H32.C2H6/c1-2-11-37-35(23-22-34(28-16-17-28)36(37)10-1)29-18-20-30(21-19-29)42-38-12-3-5-14-40(38)43(41-15-6-4-13-39(41)42)31-25-32-9-7-8-24-44(32)27-33(44)26-31;1-2/h1-15,18-26,28,33H,16-17,27H2;1-2H3. The summed E-state index contributed by atoms with van der Waals surface area (Å²) in [4.78, 5) is 0. The van der Waals surface area contributed by atoms with E-state index >= 15 is 0 Å². The van der Waals surface area contributed by atoms with E-state index in [1.165, 1.54) is 96.1 Å². The van der Waals surface area contributed by atoms with E-state index in [0.717, 1.165) is 5.92 Å². The van der Waals surface area contributed by atoms with Gasteiger partial charge in [-0.2, -0.15) is 0 Å². The van der Waals surface area contributed by atoms with Gasteiger partial charge < -0.3 is 0 Å². The summed E-state index contributed by atoms with van der Waals surface area (Å²) in [5, 5.41) is 8.08. The summed E-state index contributed by atoms with van der Waals surface area (Å²) in [6.07, 6.45) is 18.1. The molecule has 0 saturated heterocycles. The Labute approximate surface area is 272 Å². The molecule has 2 saturated carbocycles. The van der Waals surface area contributed by atoms with E-state index in [1.54, 1.807) is 0 Å². The van der Waals surface area contributed by atoms with Gasteiger partial charge in [0.25, 0.3) is 0 Å². The molecule has 222 valence electrons. The van der Waals surface area contributed by atoms with Gasteiger partial charge >= 0.3 is 0 Å². The van der Waals surface area contributed by atoms with Crippen LogP contribution in [0, 0.1) is 11.3 Å². The van der Waals surface area contributed by atoms with Crippen LogP contribution < -0.4 is 0 Å². The van der Waals surface area contributed by atoms with Crippen molar-refractivity contribution in [2.45, 2.75) is 39.0 Å². The topological polar surface area (TPSA) is 0 Å². The molecule has 0 N–H and O–H groups in total. The van der Waals surface area contributed by atoms with Crippen molar-refractivity contribution in [3.8, 4) is 22.3 Å². The fourth-order valence-electron chi connectivity index (χ4n) is 8.34. The molecular weight excluding hydrogens is 553 g/mol. The third-order valence-corrected chi connectivity index (χ3v) is 10.7. The average molecular weight is 591 g/mol. The lowest BCUT2D eigenvalue weighted by Crippen LogP contribution is -2.09. The molecule has 2 atom stereocenters. The molecule has 2 fully saturated rings. The lowest BCUT2D eigenvalue weighted by atomic mass is 9.80. The summed E-state index contributed by atoms with van der Waals surface area (Å²) in [5.74, 6) is 1.34. The van der Waals surface area contributed by atoms with E-state index < -0.39 is 0 Å². The zero-order valence-corrected chi connectivity index (χ0v) is 26.6. The minimum atomic E-state index is 0.245. The molecule has 2 unspecified atom stereocenters. The van der Waals surface area contributed by atoms with Crippen LogP contribution in [0.2, 0.25) is 0 Å². The highest BCUT2D eigenvalue weighted by atomic mass is 14.6. The highest BCUT2D eigenvalue weighted by molar-refractivity contribution is 6.19. The van der Waals surface area contributed by atoms with Crippen molar-refractivity contribution in [2.75, 3.05) is 0 Å². The van der Waals surface area contributed by atoms with Gasteiger partial charge in [-0.1, -0.05) is 159 Å². The van der Waals surface area contributed by atoms with Gasteiger partial charge in [-0.3, -0.25) is 0 Å². The van der Waals surface area contributed by atoms with Gasteiger partial charge in [0.15, 0.2) is 0 Å². The van der Waals surface area contributed by atoms with E-state index in [9.17, 15) is 0 Å². The van der Waals surface area contributed by atoms with E-state index in [0.29, 0.717) is 5.92 Å². The van der Waals surface area contributed by atoms with Crippen LogP contribution in [0.5, 0.6) is 0 Å². The van der Waals surface area contributed by atoms with Crippen LogP contribution in [0.25, 0.3) is 60.1 Å². The van der Waals surface area contributed by atoms with Crippen LogP contribution in [0.3, 0.4) is 0 Å². The first-order chi connectivity index (χ1) is 22.8. The van der Waals surface area contributed by atoms with Gasteiger partial charge in [0, 0.05) is 5.41 Å².